The predicted octanol–water partition coefficient (Wildman–Crippen LogP) is -0.218. The van der Waals surface area contributed by atoms with Crippen molar-refractivity contribution in [3.05, 3.63) is 0 Å². The maximum absolute atomic E-state index is 14.0. The van der Waals surface area contributed by atoms with Gasteiger partial charge in [0, 0.05) is 37.8 Å². The Kier molecular flexibility index (Phi) is 13.9. The van der Waals surface area contributed by atoms with E-state index in [1.807, 2.05) is 27.7 Å². The highest BCUT2D eigenvalue weighted by molar-refractivity contribution is 5.79. The molecule has 0 radical (unpaired) electrons. The van der Waals surface area contributed by atoms with Gasteiger partial charge in [-0.25, -0.2) is 9.98 Å². The molecule has 2 fully saturated rings. The number of carbonyl (C=O) groups is 4. The van der Waals surface area contributed by atoms with Crippen molar-refractivity contribution in [1.82, 2.24) is 10.6 Å². The summed E-state index contributed by atoms with van der Waals surface area (Å²) in [5, 5.41) is 27.8. The minimum Gasteiger partial charge on any atom is -0.481 e. The summed E-state index contributed by atoms with van der Waals surface area (Å²) >= 11 is 0. The lowest BCUT2D eigenvalue weighted by Gasteiger charge is -2.37. The number of aliphatic hydroxyl groups excluding tert-OH is 1. The first-order valence-electron chi connectivity index (χ1n) is 15.9. The van der Waals surface area contributed by atoms with Crippen LogP contribution in [0, 0.1) is 35.5 Å². The van der Waals surface area contributed by atoms with Crippen LogP contribution >= 0.6 is 0 Å². The zero-order valence-electron chi connectivity index (χ0n) is 27.3. The van der Waals surface area contributed by atoms with Gasteiger partial charge in [0.2, 0.25) is 11.8 Å². The van der Waals surface area contributed by atoms with Crippen LogP contribution in [0.2, 0.25) is 0 Å². The molecule has 256 valence electrons. The molecule has 10 atom stereocenters. The Bertz CT molecular complexity index is 1100. The molecule has 0 heterocycles. The molecule has 2 rings (SSSR count). The predicted molar refractivity (Wildman–Crippen MR) is 169 cm³/mol. The van der Waals surface area contributed by atoms with Gasteiger partial charge in [0.05, 0.1) is 30.0 Å². The van der Waals surface area contributed by atoms with Gasteiger partial charge in [-0.2, -0.15) is 0 Å². The Morgan fingerprint density at radius 1 is 0.756 bits per heavy atom. The number of rotatable bonds is 15. The molecule has 0 aromatic carbocycles. The fraction of sp³-hybridized carbons (Fsp3) is 0.800. The minimum absolute atomic E-state index is 0.00687. The van der Waals surface area contributed by atoms with Crippen LogP contribution in [0.4, 0.5) is 0 Å². The van der Waals surface area contributed by atoms with Crippen molar-refractivity contribution in [2.45, 2.75) is 116 Å². The first kappa shape index (κ1) is 37.6. The van der Waals surface area contributed by atoms with Crippen LogP contribution < -0.4 is 33.6 Å². The number of nitrogens with two attached hydrogens (primary N) is 4. The number of guanidine groups is 2. The third-order valence-electron chi connectivity index (χ3n) is 9.65. The molecule has 0 spiro atoms. The van der Waals surface area contributed by atoms with Gasteiger partial charge < -0.3 is 48.5 Å². The summed E-state index contributed by atoms with van der Waals surface area (Å²) in [5.74, 6) is -7.12. The summed E-state index contributed by atoms with van der Waals surface area (Å²) in [6.07, 6.45) is 0.105. The molecule has 0 saturated heterocycles. The molecule has 2 aliphatic carbocycles. The van der Waals surface area contributed by atoms with E-state index >= 15 is 0 Å². The van der Waals surface area contributed by atoms with Gasteiger partial charge >= 0.3 is 11.9 Å². The SMILES string of the molecule is CCC(CC)[C@H](NC(C)=O)[C@@H]1[C@H](O)[C@@H](C(=O)O[C@H]2[C@@H]([C@@H](NC(C)=O)C(CC)CC)[C@H](N=C(N)N)C[C@@H]2C(=O)O)C[C@H]1N=C(N)N. The lowest BCUT2D eigenvalue weighted by molar-refractivity contribution is -0.166. The van der Waals surface area contributed by atoms with E-state index < -0.39 is 72.0 Å². The third kappa shape index (κ3) is 9.21. The van der Waals surface area contributed by atoms with Gasteiger partial charge in [0.1, 0.15) is 6.10 Å². The van der Waals surface area contributed by atoms with E-state index in [1.54, 1.807) is 0 Å². The fourth-order valence-electron chi connectivity index (χ4n) is 7.63. The Balaban J connectivity index is 2.60. The number of aliphatic imine (C=N–C) groups is 2. The van der Waals surface area contributed by atoms with Gasteiger partial charge in [0.25, 0.3) is 0 Å². The number of nitrogens with zero attached hydrogens (tertiary/aromatic N) is 2. The van der Waals surface area contributed by atoms with Crippen LogP contribution in [0.1, 0.15) is 80.1 Å². The molecule has 2 aliphatic rings. The molecule has 12 N–H and O–H groups in total. The number of ether oxygens (including phenoxy) is 1. The van der Waals surface area contributed by atoms with Crippen LogP contribution in [0.5, 0.6) is 0 Å². The number of esters is 1. The lowest BCUT2D eigenvalue weighted by atomic mass is 9.80. The number of aliphatic carboxylic acids is 1. The number of aliphatic hydroxyl groups is 1. The van der Waals surface area contributed by atoms with E-state index in [9.17, 15) is 29.4 Å². The number of nitrogens with one attached hydrogen (secondary N) is 2. The van der Waals surface area contributed by atoms with Gasteiger partial charge in [-0.1, -0.05) is 53.4 Å². The average molecular weight is 639 g/mol. The molecular weight excluding hydrogens is 584 g/mol. The molecular formula is C30H54N8O7. The highest BCUT2D eigenvalue weighted by Gasteiger charge is 2.56. The summed E-state index contributed by atoms with van der Waals surface area (Å²) in [5.41, 5.74) is 22.9. The van der Waals surface area contributed by atoms with Crippen molar-refractivity contribution >= 4 is 35.7 Å². The van der Waals surface area contributed by atoms with Crippen LogP contribution in [-0.2, 0) is 23.9 Å². The number of hydrogen-bond acceptors (Lipinski definition) is 8. The van der Waals surface area contributed by atoms with Crippen molar-refractivity contribution < 1.29 is 34.1 Å². The Morgan fingerprint density at radius 3 is 1.53 bits per heavy atom. The van der Waals surface area contributed by atoms with E-state index in [-0.39, 0.29) is 48.4 Å². The molecule has 45 heavy (non-hydrogen) atoms. The maximum Gasteiger partial charge on any atom is 0.311 e. The molecule has 0 unspecified atom stereocenters. The second kappa shape index (κ2) is 16.6. The summed E-state index contributed by atoms with van der Waals surface area (Å²) in [6.45, 7) is 10.6. The normalized spacial score (nSPS) is 29.1. The molecule has 0 aromatic heterocycles. The van der Waals surface area contributed by atoms with E-state index in [2.05, 4.69) is 20.6 Å². The van der Waals surface area contributed by atoms with Crippen LogP contribution in [0.25, 0.3) is 0 Å². The van der Waals surface area contributed by atoms with Crippen LogP contribution in [0.3, 0.4) is 0 Å². The van der Waals surface area contributed by atoms with Crippen molar-refractivity contribution in [3.63, 3.8) is 0 Å². The zero-order valence-corrected chi connectivity index (χ0v) is 27.3. The molecule has 0 aliphatic heterocycles. The van der Waals surface area contributed by atoms with E-state index in [0.717, 1.165) is 0 Å². The van der Waals surface area contributed by atoms with Crippen molar-refractivity contribution in [1.29, 1.82) is 0 Å². The summed E-state index contributed by atoms with van der Waals surface area (Å²) in [4.78, 5) is 59.8. The lowest BCUT2D eigenvalue weighted by Crippen LogP contribution is -2.52. The number of carbonyl (C=O) groups excluding carboxylic acids is 3. The van der Waals surface area contributed by atoms with E-state index in [0.29, 0.717) is 25.7 Å². The third-order valence-corrected chi connectivity index (χ3v) is 9.65. The average Bonchev–Trinajstić information content (AvgIpc) is 3.44. The Morgan fingerprint density at radius 2 is 1.16 bits per heavy atom. The first-order valence-corrected chi connectivity index (χ1v) is 15.9. The highest BCUT2D eigenvalue weighted by atomic mass is 16.5. The number of amides is 2. The first-order chi connectivity index (χ1) is 21.1. The fourth-order valence-corrected chi connectivity index (χ4v) is 7.63. The highest BCUT2D eigenvalue weighted by Crippen LogP contribution is 2.44. The topological polar surface area (TPSA) is 271 Å². The molecule has 15 nitrogen and oxygen atoms in total. The molecule has 15 heteroatoms. The minimum atomic E-state index is -1.31. The molecule has 0 bridgehead atoms. The zero-order chi connectivity index (χ0) is 34.2. The number of carboxylic acids is 1. The Labute approximate surface area is 265 Å². The van der Waals surface area contributed by atoms with E-state index in [4.69, 9.17) is 27.7 Å². The van der Waals surface area contributed by atoms with Gasteiger partial charge in [-0.15, -0.1) is 0 Å². The van der Waals surface area contributed by atoms with Crippen molar-refractivity contribution in [2.75, 3.05) is 0 Å². The molecule has 2 saturated carbocycles. The van der Waals surface area contributed by atoms with Crippen molar-refractivity contribution in [3.8, 4) is 0 Å². The summed E-state index contributed by atoms with van der Waals surface area (Å²) in [7, 11) is 0. The van der Waals surface area contributed by atoms with Crippen LogP contribution in [-0.4, -0.2) is 82.3 Å². The standard InChI is InChI=1S/C30H54N8O7/c1-7-15(8-2)23(35-13(5)39)21-19(37-29(31)32)11-17(25(21)41)28(44)45-26-18(27(42)43)12-20(38-30(33)34)22(26)24(36-14(6)40)16(9-3)10-4/h15-26,41H,7-12H2,1-6H3,(H,35,39)(H,36,40)(H,42,43)(H4,31,32,37)(H4,33,34,38)/t17-,18-,19+,20+,21+,22+,23-,24-,25+,26+/m0/s1. The second-order valence-electron chi connectivity index (χ2n) is 12.4. The van der Waals surface area contributed by atoms with Gasteiger partial charge in [-0.05, 0) is 24.7 Å². The second-order valence-corrected chi connectivity index (χ2v) is 12.4. The number of hydrogen-bond donors (Lipinski definition) is 8. The quantitative estimate of drug-likeness (QED) is 0.0660. The monoisotopic (exact) mass is 638 g/mol. The van der Waals surface area contributed by atoms with Crippen LogP contribution in [0.15, 0.2) is 9.98 Å². The molecule has 2 amide bonds. The van der Waals surface area contributed by atoms with E-state index in [1.165, 1.54) is 13.8 Å². The van der Waals surface area contributed by atoms with Crippen molar-refractivity contribution in [2.24, 2.45) is 68.4 Å². The maximum atomic E-state index is 14.0. The number of carboxylic acid groups (broad SMARTS) is 1. The Hall–Kier alpha value is -3.62. The van der Waals surface area contributed by atoms with Gasteiger partial charge in [0.15, 0.2) is 11.9 Å². The largest absolute Gasteiger partial charge is 0.481 e. The molecule has 0 aromatic rings. The summed E-state index contributed by atoms with van der Waals surface area (Å²) < 4.78 is 6.06. The smallest absolute Gasteiger partial charge is 0.311 e. The summed E-state index contributed by atoms with van der Waals surface area (Å²) in [6, 6.07) is -2.64. The van der Waals surface area contributed by atoms with Gasteiger partial charge in [-0.3, -0.25) is 19.2 Å².